The topological polar surface area (TPSA) is 66.8 Å². The smallest absolute Gasteiger partial charge is 0.279 e. The Morgan fingerprint density at radius 3 is 3.00 bits per heavy atom. The van der Waals surface area contributed by atoms with Crippen molar-refractivity contribution in [2.45, 2.75) is 6.04 Å². The molecule has 15 heavy (non-hydrogen) atoms. The zero-order chi connectivity index (χ0) is 10.4. The highest BCUT2D eigenvalue weighted by molar-refractivity contribution is 5.71. The summed E-state index contributed by atoms with van der Waals surface area (Å²) in [7, 11) is 2.06. The molecule has 0 aromatic carbocycles. The third-order valence-corrected chi connectivity index (χ3v) is 2.75. The van der Waals surface area contributed by atoms with Crippen molar-refractivity contribution in [3.63, 3.8) is 0 Å². The number of fused-ring (bicyclic) bond motifs is 1. The van der Waals surface area contributed by atoms with E-state index < -0.39 is 0 Å². The fraction of sp³-hybridized carbons (Fsp3) is 0.444. The summed E-state index contributed by atoms with van der Waals surface area (Å²) in [6, 6.07) is 0.378. The SMILES string of the molecule is CN1CC(n2cc3nc[nH]c(=O)c3n2)C1. The van der Waals surface area contributed by atoms with Crippen molar-refractivity contribution in [3.05, 3.63) is 22.9 Å². The Bertz CT molecular complexity index is 551. The maximum atomic E-state index is 11.4. The summed E-state index contributed by atoms with van der Waals surface area (Å²) in [4.78, 5) is 20.2. The quantitative estimate of drug-likeness (QED) is 0.688. The number of nitrogens with one attached hydrogen (secondary N) is 1. The summed E-state index contributed by atoms with van der Waals surface area (Å²) in [6.45, 7) is 1.96. The number of likely N-dealkylation sites (N-methyl/N-ethyl adjacent to an activating group) is 1. The van der Waals surface area contributed by atoms with E-state index >= 15 is 0 Å². The highest BCUT2D eigenvalue weighted by Crippen LogP contribution is 2.19. The molecule has 1 aliphatic rings. The Morgan fingerprint density at radius 1 is 1.53 bits per heavy atom. The van der Waals surface area contributed by atoms with E-state index in [4.69, 9.17) is 0 Å². The Hall–Kier alpha value is -1.69. The van der Waals surface area contributed by atoms with E-state index in [1.807, 2.05) is 10.9 Å². The van der Waals surface area contributed by atoms with Gasteiger partial charge in [0, 0.05) is 13.1 Å². The molecule has 0 bridgehead atoms. The van der Waals surface area contributed by atoms with Crippen LogP contribution in [0.1, 0.15) is 6.04 Å². The minimum absolute atomic E-state index is 0.175. The lowest BCUT2D eigenvalue weighted by Crippen LogP contribution is -2.45. The molecule has 2 aromatic rings. The van der Waals surface area contributed by atoms with Gasteiger partial charge in [-0.05, 0) is 7.05 Å². The summed E-state index contributed by atoms with van der Waals surface area (Å²) in [6.07, 6.45) is 3.24. The predicted octanol–water partition coefficient (Wildman–Crippen LogP) is -0.394. The van der Waals surface area contributed by atoms with Crippen LogP contribution < -0.4 is 5.56 Å². The Labute approximate surface area is 85.5 Å². The van der Waals surface area contributed by atoms with Gasteiger partial charge in [-0.1, -0.05) is 0 Å². The lowest BCUT2D eigenvalue weighted by Gasteiger charge is -2.35. The number of likely N-dealkylation sites (tertiary alicyclic amines) is 1. The molecule has 0 radical (unpaired) electrons. The van der Waals surface area contributed by atoms with Crippen LogP contribution in [-0.2, 0) is 0 Å². The third kappa shape index (κ3) is 1.25. The Balaban J connectivity index is 2.07. The molecule has 2 aromatic heterocycles. The zero-order valence-corrected chi connectivity index (χ0v) is 8.34. The summed E-state index contributed by atoms with van der Waals surface area (Å²) in [5.74, 6) is 0. The number of hydrogen-bond donors (Lipinski definition) is 1. The van der Waals surface area contributed by atoms with Crippen LogP contribution in [0.5, 0.6) is 0 Å². The first-order valence-electron chi connectivity index (χ1n) is 4.85. The monoisotopic (exact) mass is 205 g/mol. The molecular weight excluding hydrogens is 194 g/mol. The van der Waals surface area contributed by atoms with Crippen LogP contribution in [0.15, 0.2) is 17.3 Å². The second-order valence-corrected chi connectivity index (χ2v) is 3.95. The van der Waals surface area contributed by atoms with E-state index in [-0.39, 0.29) is 5.56 Å². The van der Waals surface area contributed by atoms with Crippen LogP contribution in [0.4, 0.5) is 0 Å². The molecule has 0 atom stereocenters. The summed E-state index contributed by atoms with van der Waals surface area (Å²) in [5.41, 5.74) is 0.909. The third-order valence-electron chi connectivity index (χ3n) is 2.75. The molecule has 0 spiro atoms. The van der Waals surface area contributed by atoms with Gasteiger partial charge < -0.3 is 9.88 Å². The van der Waals surface area contributed by atoms with Gasteiger partial charge in [-0.15, -0.1) is 0 Å². The van der Waals surface area contributed by atoms with Crippen LogP contribution in [0.25, 0.3) is 11.0 Å². The average Bonchev–Trinajstić information content (AvgIpc) is 2.58. The van der Waals surface area contributed by atoms with E-state index in [0.717, 1.165) is 13.1 Å². The first-order valence-corrected chi connectivity index (χ1v) is 4.85. The highest BCUT2D eigenvalue weighted by Gasteiger charge is 2.26. The van der Waals surface area contributed by atoms with Crippen LogP contribution in [0.3, 0.4) is 0 Å². The maximum absolute atomic E-state index is 11.4. The van der Waals surface area contributed by atoms with Crippen molar-refractivity contribution in [1.82, 2.24) is 24.6 Å². The van der Waals surface area contributed by atoms with Gasteiger partial charge in [-0.2, -0.15) is 5.10 Å². The number of aromatic amines is 1. The number of H-pyrrole nitrogens is 1. The number of nitrogens with zero attached hydrogens (tertiary/aromatic N) is 4. The second kappa shape index (κ2) is 2.90. The van der Waals surface area contributed by atoms with E-state index in [0.29, 0.717) is 17.1 Å². The molecule has 1 saturated heterocycles. The normalized spacial score (nSPS) is 18.2. The van der Waals surface area contributed by atoms with Crippen molar-refractivity contribution < 1.29 is 0 Å². The fourth-order valence-electron chi connectivity index (χ4n) is 1.89. The second-order valence-electron chi connectivity index (χ2n) is 3.95. The molecule has 6 heteroatoms. The molecule has 3 rings (SSSR count). The largest absolute Gasteiger partial charge is 0.311 e. The van der Waals surface area contributed by atoms with Crippen LogP contribution in [-0.4, -0.2) is 44.8 Å². The van der Waals surface area contributed by atoms with Crippen molar-refractivity contribution in [1.29, 1.82) is 0 Å². The van der Waals surface area contributed by atoms with Crippen molar-refractivity contribution in [2.75, 3.05) is 20.1 Å². The minimum Gasteiger partial charge on any atom is -0.311 e. The molecule has 6 nitrogen and oxygen atoms in total. The molecule has 1 aliphatic heterocycles. The van der Waals surface area contributed by atoms with Gasteiger partial charge in [-0.3, -0.25) is 9.48 Å². The first-order chi connectivity index (χ1) is 7.24. The molecule has 0 saturated carbocycles. The van der Waals surface area contributed by atoms with Crippen molar-refractivity contribution >= 4 is 11.0 Å². The van der Waals surface area contributed by atoms with Gasteiger partial charge in [0.1, 0.15) is 5.52 Å². The standard InChI is InChI=1S/C9H11N5O/c1-13-2-6(3-13)14-4-7-8(12-14)9(15)11-5-10-7/h4-6H,2-3H2,1H3,(H,10,11,15). The summed E-state index contributed by atoms with van der Waals surface area (Å²) < 4.78 is 1.84. The van der Waals surface area contributed by atoms with Crippen LogP contribution >= 0.6 is 0 Å². The van der Waals surface area contributed by atoms with E-state index in [1.165, 1.54) is 6.33 Å². The molecule has 1 fully saturated rings. The van der Waals surface area contributed by atoms with Gasteiger partial charge in [0.05, 0.1) is 18.6 Å². The van der Waals surface area contributed by atoms with Crippen molar-refractivity contribution in [2.24, 2.45) is 0 Å². The van der Waals surface area contributed by atoms with Gasteiger partial charge in [0.2, 0.25) is 0 Å². The molecule has 3 heterocycles. The minimum atomic E-state index is -0.175. The summed E-state index contributed by atoms with van der Waals surface area (Å²) in [5, 5.41) is 4.25. The molecule has 0 unspecified atom stereocenters. The van der Waals surface area contributed by atoms with Crippen LogP contribution in [0, 0.1) is 0 Å². The Kier molecular flexibility index (Phi) is 1.66. The van der Waals surface area contributed by atoms with E-state index in [2.05, 4.69) is 27.0 Å². The van der Waals surface area contributed by atoms with Gasteiger partial charge in [0.25, 0.3) is 5.56 Å². The van der Waals surface area contributed by atoms with E-state index in [1.54, 1.807) is 0 Å². The fourth-order valence-corrected chi connectivity index (χ4v) is 1.89. The zero-order valence-electron chi connectivity index (χ0n) is 8.34. The molecule has 1 N–H and O–H groups in total. The molecule has 0 aliphatic carbocycles. The first kappa shape index (κ1) is 8.60. The van der Waals surface area contributed by atoms with Crippen molar-refractivity contribution in [3.8, 4) is 0 Å². The van der Waals surface area contributed by atoms with E-state index in [9.17, 15) is 4.79 Å². The van der Waals surface area contributed by atoms with Gasteiger partial charge in [0.15, 0.2) is 5.52 Å². The maximum Gasteiger partial charge on any atom is 0.279 e. The molecule has 78 valence electrons. The highest BCUT2D eigenvalue weighted by atomic mass is 16.1. The number of aromatic nitrogens is 4. The number of rotatable bonds is 1. The molecular formula is C9H11N5O. The van der Waals surface area contributed by atoms with Gasteiger partial charge in [-0.25, -0.2) is 4.98 Å². The summed E-state index contributed by atoms with van der Waals surface area (Å²) >= 11 is 0. The lowest BCUT2D eigenvalue weighted by atomic mass is 10.1. The lowest BCUT2D eigenvalue weighted by molar-refractivity contribution is 0.131. The van der Waals surface area contributed by atoms with Gasteiger partial charge >= 0.3 is 0 Å². The Morgan fingerprint density at radius 2 is 2.33 bits per heavy atom. The average molecular weight is 205 g/mol. The molecule has 0 amide bonds. The van der Waals surface area contributed by atoms with Crippen LogP contribution in [0.2, 0.25) is 0 Å². The number of hydrogen-bond acceptors (Lipinski definition) is 4. The predicted molar refractivity (Wildman–Crippen MR) is 54.7 cm³/mol.